The van der Waals surface area contributed by atoms with Crippen molar-refractivity contribution in [3.8, 4) is 11.4 Å². The second kappa shape index (κ2) is 10.9. The van der Waals surface area contributed by atoms with Crippen molar-refractivity contribution in [3.63, 3.8) is 0 Å². The van der Waals surface area contributed by atoms with E-state index < -0.39 is 16.1 Å². The lowest BCUT2D eigenvalue weighted by Gasteiger charge is -2.34. The third kappa shape index (κ3) is 6.51. The Labute approximate surface area is 199 Å². The molecule has 10 heteroatoms. The third-order valence-electron chi connectivity index (χ3n) is 5.60. The van der Waals surface area contributed by atoms with Crippen molar-refractivity contribution in [2.75, 3.05) is 44.6 Å². The van der Waals surface area contributed by atoms with Crippen LogP contribution in [-0.4, -0.2) is 78.2 Å². The molecular formula is C24H29N5O4S. The molecule has 2 aromatic carbocycles. The molecule has 1 aliphatic heterocycles. The number of anilines is 1. The lowest BCUT2D eigenvalue weighted by atomic mass is 10.2. The first-order valence-corrected chi connectivity index (χ1v) is 12.7. The first kappa shape index (κ1) is 24.1. The lowest BCUT2D eigenvalue weighted by Crippen LogP contribution is -2.50. The fourth-order valence-electron chi connectivity index (χ4n) is 3.73. The second-order valence-corrected chi connectivity index (χ2v) is 10.0. The summed E-state index contributed by atoms with van der Waals surface area (Å²) in [5.74, 6) is 1.06. The highest BCUT2D eigenvalue weighted by Gasteiger charge is 2.26. The normalized spacial score (nSPS) is 16.6. The number of nitrogens with one attached hydrogen (secondary N) is 1. The van der Waals surface area contributed by atoms with Crippen LogP contribution in [0.2, 0.25) is 0 Å². The monoisotopic (exact) mass is 483 g/mol. The van der Waals surface area contributed by atoms with Crippen molar-refractivity contribution in [3.05, 3.63) is 71.5 Å². The van der Waals surface area contributed by atoms with Gasteiger partial charge in [0.2, 0.25) is 21.7 Å². The van der Waals surface area contributed by atoms with Crippen molar-refractivity contribution in [1.29, 1.82) is 0 Å². The van der Waals surface area contributed by atoms with Crippen LogP contribution in [-0.2, 0) is 10.0 Å². The van der Waals surface area contributed by atoms with Gasteiger partial charge in [-0.2, -0.15) is 9.29 Å². The van der Waals surface area contributed by atoms with E-state index in [9.17, 15) is 13.5 Å². The zero-order valence-corrected chi connectivity index (χ0v) is 19.9. The molecule has 1 aliphatic rings. The average Bonchev–Trinajstić information content (AvgIpc) is 3.29. The van der Waals surface area contributed by atoms with E-state index in [1.54, 1.807) is 13.0 Å². The highest BCUT2D eigenvalue weighted by molar-refractivity contribution is 7.92. The van der Waals surface area contributed by atoms with Crippen LogP contribution in [0.15, 0.2) is 64.5 Å². The number of piperazine rings is 1. The third-order valence-corrected chi connectivity index (χ3v) is 7.17. The van der Waals surface area contributed by atoms with Crippen LogP contribution in [0.5, 0.6) is 0 Å². The van der Waals surface area contributed by atoms with Crippen LogP contribution >= 0.6 is 0 Å². The van der Waals surface area contributed by atoms with Crippen molar-refractivity contribution in [1.82, 2.24) is 19.3 Å². The van der Waals surface area contributed by atoms with Gasteiger partial charge < -0.3 is 14.9 Å². The van der Waals surface area contributed by atoms with Gasteiger partial charge in [-0.05, 0) is 35.9 Å². The van der Waals surface area contributed by atoms with E-state index in [-0.39, 0.29) is 0 Å². The van der Waals surface area contributed by atoms with Gasteiger partial charge in [0.15, 0.2) is 0 Å². The van der Waals surface area contributed by atoms with Gasteiger partial charge in [-0.15, -0.1) is 0 Å². The van der Waals surface area contributed by atoms with Gasteiger partial charge in [0.25, 0.3) is 0 Å². The van der Waals surface area contributed by atoms with Crippen LogP contribution in [0.3, 0.4) is 0 Å². The Morgan fingerprint density at radius 2 is 1.79 bits per heavy atom. The molecule has 2 heterocycles. The Kier molecular flexibility index (Phi) is 7.73. The molecule has 0 saturated carbocycles. The predicted octanol–water partition coefficient (Wildman–Crippen LogP) is 2.44. The first-order valence-electron chi connectivity index (χ1n) is 11.2. The van der Waals surface area contributed by atoms with Crippen LogP contribution in [0.4, 0.5) is 5.69 Å². The molecule has 1 fully saturated rings. The molecule has 1 unspecified atom stereocenters. The predicted molar refractivity (Wildman–Crippen MR) is 131 cm³/mol. The Balaban J connectivity index is 1.21. The summed E-state index contributed by atoms with van der Waals surface area (Å²) in [6.45, 7) is 4.56. The molecule has 1 atom stereocenters. The summed E-state index contributed by atoms with van der Waals surface area (Å²) in [5, 5.41) is 18.8. The van der Waals surface area contributed by atoms with E-state index in [0.717, 1.165) is 16.8 Å². The van der Waals surface area contributed by atoms with Gasteiger partial charge in [0.1, 0.15) is 0 Å². The fourth-order valence-corrected chi connectivity index (χ4v) is 4.91. The molecule has 0 aliphatic carbocycles. The maximum Gasteiger partial charge on any atom is 0.236 e. The van der Waals surface area contributed by atoms with Crippen molar-refractivity contribution in [2.45, 2.75) is 13.0 Å². The smallest absolute Gasteiger partial charge is 0.236 e. The minimum atomic E-state index is -3.47. The summed E-state index contributed by atoms with van der Waals surface area (Å²) >= 11 is 0. The van der Waals surface area contributed by atoms with E-state index in [2.05, 4.69) is 20.4 Å². The van der Waals surface area contributed by atoms with Crippen LogP contribution < -0.4 is 5.32 Å². The van der Waals surface area contributed by atoms with E-state index >= 15 is 0 Å². The van der Waals surface area contributed by atoms with Gasteiger partial charge in [-0.3, -0.25) is 4.90 Å². The number of hydrogen-bond donors (Lipinski definition) is 2. The molecule has 180 valence electrons. The second-order valence-electron chi connectivity index (χ2n) is 8.21. The zero-order valence-electron chi connectivity index (χ0n) is 19.0. The summed E-state index contributed by atoms with van der Waals surface area (Å²) in [6.07, 6.45) is 1.04. The zero-order chi connectivity index (χ0) is 24.0. The maximum atomic E-state index is 12.6. The number of sulfonamides is 1. The lowest BCUT2D eigenvalue weighted by molar-refractivity contribution is 0.0997. The standard InChI is InChI=1S/C24H29N5O4S/c1-19-26-24(27-33-19)21-7-9-22(10-8-21)25-17-23(30)18-28-12-14-29(15-13-28)34(31,32)16-11-20-5-3-2-4-6-20/h2-11,16,23,25,30H,12-15,17-18H2,1H3. The molecule has 34 heavy (non-hydrogen) atoms. The molecule has 0 spiro atoms. The quantitative estimate of drug-likeness (QED) is 0.477. The highest BCUT2D eigenvalue weighted by atomic mass is 32.2. The van der Waals surface area contributed by atoms with E-state index in [1.165, 1.54) is 9.71 Å². The number of hydrogen-bond acceptors (Lipinski definition) is 8. The fraction of sp³-hybridized carbons (Fsp3) is 0.333. The van der Waals surface area contributed by atoms with E-state index in [4.69, 9.17) is 4.52 Å². The number of benzene rings is 2. The Morgan fingerprint density at radius 3 is 2.44 bits per heavy atom. The summed E-state index contributed by atoms with van der Waals surface area (Å²) < 4.78 is 31.7. The largest absolute Gasteiger partial charge is 0.390 e. The number of rotatable bonds is 9. The molecule has 9 nitrogen and oxygen atoms in total. The van der Waals surface area contributed by atoms with Gasteiger partial charge in [-0.1, -0.05) is 35.5 Å². The van der Waals surface area contributed by atoms with Gasteiger partial charge in [0.05, 0.1) is 6.10 Å². The Bertz CT molecular complexity index is 1190. The van der Waals surface area contributed by atoms with Crippen LogP contribution in [0.1, 0.15) is 11.5 Å². The van der Waals surface area contributed by atoms with Gasteiger partial charge in [0, 0.05) is 62.9 Å². The minimum absolute atomic E-state index is 0.388. The van der Waals surface area contributed by atoms with Crippen molar-refractivity contribution in [2.24, 2.45) is 0 Å². The molecule has 2 N–H and O–H groups in total. The molecule has 1 aromatic heterocycles. The molecule has 3 aromatic rings. The topological polar surface area (TPSA) is 112 Å². The van der Waals surface area contributed by atoms with Crippen LogP contribution in [0, 0.1) is 6.92 Å². The Morgan fingerprint density at radius 1 is 1.09 bits per heavy atom. The molecule has 0 radical (unpaired) electrons. The molecule has 0 bridgehead atoms. The number of aliphatic hydroxyl groups is 1. The number of aryl methyl sites for hydroxylation is 1. The SMILES string of the molecule is Cc1nc(-c2ccc(NCC(O)CN3CCN(S(=O)(=O)C=Cc4ccccc4)CC3)cc2)no1. The number of aliphatic hydroxyl groups excluding tert-OH is 1. The number of aromatic nitrogens is 2. The maximum absolute atomic E-state index is 12.6. The summed E-state index contributed by atoms with van der Waals surface area (Å²) in [6, 6.07) is 17.0. The number of β-amino-alcohol motifs (C(OH)–C–C–N with tert-alkyl or cyclic N) is 1. The van der Waals surface area contributed by atoms with E-state index in [0.29, 0.717) is 51.0 Å². The molecule has 1 saturated heterocycles. The van der Waals surface area contributed by atoms with Gasteiger partial charge in [-0.25, -0.2) is 8.42 Å². The van der Waals surface area contributed by atoms with E-state index in [1.807, 2.05) is 54.6 Å². The molecular weight excluding hydrogens is 454 g/mol. The van der Waals surface area contributed by atoms with Crippen LogP contribution in [0.25, 0.3) is 17.5 Å². The van der Waals surface area contributed by atoms with Crippen molar-refractivity contribution >= 4 is 21.8 Å². The first-order chi connectivity index (χ1) is 16.4. The summed E-state index contributed by atoms with van der Waals surface area (Å²) in [5.41, 5.74) is 2.58. The molecule has 4 rings (SSSR count). The van der Waals surface area contributed by atoms with Crippen molar-refractivity contribution < 1.29 is 18.0 Å². The average molecular weight is 484 g/mol. The highest BCUT2D eigenvalue weighted by Crippen LogP contribution is 2.19. The Hall–Kier alpha value is -3.05. The summed E-state index contributed by atoms with van der Waals surface area (Å²) in [7, 11) is -3.47. The summed E-state index contributed by atoms with van der Waals surface area (Å²) in [4.78, 5) is 6.29. The molecule has 0 amide bonds. The minimum Gasteiger partial charge on any atom is -0.390 e. The van der Waals surface area contributed by atoms with Gasteiger partial charge >= 0.3 is 0 Å². The number of nitrogens with zero attached hydrogens (tertiary/aromatic N) is 4.